The molecule has 0 unspecified atom stereocenters. The van der Waals surface area contributed by atoms with Crippen molar-refractivity contribution >= 4 is 49.5 Å². The Morgan fingerprint density at radius 2 is 0.953 bits per heavy atom. The fourth-order valence-corrected chi connectivity index (χ4v) is 6.45. The number of para-hydroxylation sites is 1. The van der Waals surface area contributed by atoms with E-state index in [0.717, 1.165) is 22.8 Å². The third-order valence-electron chi connectivity index (χ3n) is 8.29. The number of rotatable bonds is 5. The van der Waals surface area contributed by atoms with Crippen molar-refractivity contribution in [2.45, 2.75) is 0 Å². The monoisotopic (exact) mass is 548 g/mol. The minimum absolute atomic E-state index is 0.874. The van der Waals surface area contributed by atoms with Gasteiger partial charge in [0.15, 0.2) is 0 Å². The van der Waals surface area contributed by atoms with Crippen LogP contribution in [0.4, 0.5) is 17.2 Å². The van der Waals surface area contributed by atoms with Gasteiger partial charge in [-0.05, 0) is 56.4 Å². The van der Waals surface area contributed by atoms with Crippen molar-refractivity contribution in [2.24, 2.45) is 0 Å². The summed E-state index contributed by atoms with van der Waals surface area (Å²) in [4.78, 5) is 7.27. The van der Waals surface area contributed by atoms with Crippen molar-refractivity contribution in [3.8, 4) is 22.3 Å². The summed E-state index contributed by atoms with van der Waals surface area (Å²) in [7, 11) is 0. The molecular formula is C41H28N2. The van der Waals surface area contributed by atoms with Gasteiger partial charge in [0.25, 0.3) is 0 Å². The van der Waals surface area contributed by atoms with Crippen molar-refractivity contribution in [3.63, 3.8) is 0 Å². The highest BCUT2D eigenvalue weighted by molar-refractivity contribution is 6.24. The molecule has 2 heteroatoms. The second kappa shape index (κ2) is 10.6. The Hall–Kier alpha value is -5.73. The van der Waals surface area contributed by atoms with Crippen molar-refractivity contribution < 1.29 is 0 Å². The highest BCUT2D eigenvalue weighted by Gasteiger charge is 2.24. The Kier molecular flexibility index (Phi) is 6.16. The molecule has 7 aromatic carbocycles. The topological polar surface area (TPSA) is 16.1 Å². The predicted octanol–water partition coefficient (Wildman–Crippen LogP) is 11.3. The molecule has 1 heterocycles. The molecule has 0 fully saturated rings. The van der Waals surface area contributed by atoms with E-state index in [2.05, 4.69) is 163 Å². The molecule has 0 saturated heterocycles. The molecule has 43 heavy (non-hydrogen) atoms. The van der Waals surface area contributed by atoms with E-state index in [0.29, 0.717) is 0 Å². The molecule has 8 aromatic rings. The van der Waals surface area contributed by atoms with E-state index < -0.39 is 0 Å². The average Bonchev–Trinajstić information content (AvgIpc) is 3.09. The standard InChI is InChI=1S/C41H28N2/c1-2-15-30(16-3-1)32-20-10-11-26-38(32)43(39-27-12-13-28-42-39)41-36-23-8-6-21-34(36)40(35-22-7-9-24-37(35)41)33-25-14-18-29-17-4-5-19-31(29)33/h1-28H. The normalized spacial score (nSPS) is 11.3. The Morgan fingerprint density at radius 1 is 0.395 bits per heavy atom. The molecule has 0 atom stereocenters. The molecule has 0 amide bonds. The summed E-state index contributed by atoms with van der Waals surface area (Å²) in [5.74, 6) is 0.874. The van der Waals surface area contributed by atoms with Gasteiger partial charge in [-0.3, -0.25) is 4.90 Å². The first kappa shape index (κ1) is 25.0. The van der Waals surface area contributed by atoms with Crippen LogP contribution >= 0.6 is 0 Å². The van der Waals surface area contributed by atoms with Crippen molar-refractivity contribution in [3.05, 3.63) is 170 Å². The van der Waals surface area contributed by atoms with Crippen LogP contribution in [-0.4, -0.2) is 4.98 Å². The van der Waals surface area contributed by atoms with Gasteiger partial charge in [-0.15, -0.1) is 0 Å². The molecule has 0 bridgehead atoms. The van der Waals surface area contributed by atoms with E-state index >= 15 is 0 Å². The molecule has 202 valence electrons. The maximum Gasteiger partial charge on any atom is 0.137 e. The largest absolute Gasteiger partial charge is 0.293 e. The van der Waals surface area contributed by atoms with Gasteiger partial charge in [0.2, 0.25) is 0 Å². The number of hydrogen-bond donors (Lipinski definition) is 0. The van der Waals surface area contributed by atoms with Crippen molar-refractivity contribution in [1.29, 1.82) is 0 Å². The van der Waals surface area contributed by atoms with Crippen LogP contribution < -0.4 is 4.90 Å². The third-order valence-corrected chi connectivity index (χ3v) is 8.29. The summed E-state index contributed by atoms with van der Waals surface area (Å²) in [6, 6.07) is 58.3. The van der Waals surface area contributed by atoms with Crippen LogP contribution in [0.3, 0.4) is 0 Å². The van der Waals surface area contributed by atoms with Gasteiger partial charge in [-0.25, -0.2) is 4.98 Å². The fraction of sp³-hybridized carbons (Fsp3) is 0. The molecule has 0 saturated carbocycles. The number of benzene rings is 7. The Labute approximate surface area is 251 Å². The molecule has 1 aromatic heterocycles. The van der Waals surface area contributed by atoms with E-state index in [1.54, 1.807) is 0 Å². The summed E-state index contributed by atoms with van der Waals surface area (Å²) in [5.41, 5.74) is 7.02. The van der Waals surface area contributed by atoms with Crippen LogP contribution in [0.5, 0.6) is 0 Å². The third kappa shape index (κ3) is 4.24. The fourth-order valence-electron chi connectivity index (χ4n) is 6.45. The zero-order valence-electron chi connectivity index (χ0n) is 23.6. The average molecular weight is 549 g/mol. The zero-order valence-corrected chi connectivity index (χ0v) is 23.6. The van der Waals surface area contributed by atoms with Gasteiger partial charge in [0.05, 0.1) is 11.4 Å². The number of aromatic nitrogens is 1. The SMILES string of the molecule is c1ccc(-c2ccccc2N(c2ccccn2)c2c3ccccc3c(-c3cccc4ccccc34)c3ccccc23)cc1. The van der Waals surface area contributed by atoms with Gasteiger partial charge in [-0.2, -0.15) is 0 Å². The first-order valence-corrected chi connectivity index (χ1v) is 14.7. The van der Waals surface area contributed by atoms with E-state index in [-0.39, 0.29) is 0 Å². The van der Waals surface area contributed by atoms with Gasteiger partial charge in [0.1, 0.15) is 5.82 Å². The zero-order chi connectivity index (χ0) is 28.6. The van der Waals surface area contributed by atoms with Crippen LogP contribution in [0.15, 0.2) is 170 Å². The van der Waals surface area contributed by atoms with E-state index in [1.807, 2.05) is 12.3 Å². The molecule has 0 spiro atoms. The van der Waals surface area contributed by atoms with Gasteiger partial charge in [-0.1, -0.05) is 146 Å². The second-order valence-corrected chi connectivity index (χ2v) is 10.7. The lowest BCUT2D eigenvalue weighted by atomic mass is 9.87. The van der Waals surface area contributed by atoms with Crippen molar-refractivity contribution in [1.82, 2.24) is 4.98 Å². The van der Waals surface area contributed by atoms with Gasteiger partial charge >= 0.3 is 0 Å². The Bertz CT molecular complexity index is 2180. The minimum Gasteiger partial charge on any atom is -0.293 e. The highest BCUT2D eigenvalue weighted by Crippen LogP contribution is 2.50. The number of pyridine rings is 1. The first-order chi connectivity index (χ1) is 21.4. The summed E-state index contributed by atoms with van der Waals surface area (Å²) in [5, 5.41) is 7.28. The summed E-state index contributed by atoms with van der Waals surface area (Å²) in [6.45, 7) is 0. The van der Waals surface area contributed by atoms with Crippen LogP contribution in [0.2, 0.25) is 0 Å². The number of anilines is 3. The van der Waals surface area contributed by atoms with Crippen LogP contribution in [-0.2, 0) is 0 Å². The number of fused-ring (bicyclic) bond motifs is 3. The maximum absolute atomic E-state index is 4.93. The van der Waals surface area contributed by atoms with Crippen molar-refractivity contribution in [2.75, 3.05) is 4.90 Å². The van der Waals surface area contributed by atoms with E-state index in [1.165, 1.54) is 49.0 Å². The van der Waals surface area contributed by atoms with E-state index in [4.69, 9.17) is 4.98 Å². The molecule has 8 rings (SSSR count). The lowest BCUT2D eigenvalue weighted by Crippen LogP contribution is -2.14. The van der Waals surface area contributed by atoms with Gasteiger partial charge in [0, 0.05) is 22.5 Å². The smallest absolute Gasteiger partial charge is 0.137 e. The Morgan fingerprint density at radius 3 is 1.67 bits per heavy atom. The quantitative estimate of drug-likeness (QED) is 0.199. The van der Waals surface area contributed by atoms with Crippen LogP contribution in [0.1, 0.15) is 0 Å². The van der Waals surface area contributed by atoms with Crippen LogP contribution in [0.25, 0.3) is 54.6 Å². The molecule has 0 aliphatic rings. The molecule has 0 aliphatic carbocycles. The molecule has 2 nitrogen and oxygen atoms in total. The maximum atomic E-state index is 4.93. The number of nitrogens with zero attached hydrogens (tertiary/aromatic N) is 2. The molecule has 0 aliphatic heterocycles. The number of hydrogen-bond acceptors (Lipinski definition) is 2. The molecule has 0 N–H and O–H groups in total. The summed E-state index contributed by atoms with van der Waals surface area (Å²) < 4.78 is 0. The summed E-state index contributed by atoms with van der Waals surface area (Å²) >= 11 is 0. The Balaban J connectivity index is 1.52. The van der Waals surface area contributed by atoms with Gasteiger partial charge < -0.3 is 0 Å². The first-order valence-electron chi connectivity index (χ1n) is 14.7. The minimum atomic E-state index is 0.874. The highest BCUT2D eigenvalue weighted by atomic mass is 15.2. The van der Waals surface area contributed by atoms with E-state index in [9.17, 15) is 0 Å². The lowest BCUT2D eigenvalue weighted by molar-refractivity contribution is 1.19. The lowest BCUT2D eigenvalue weighted by Gasteiger charge is -2.30. The van der Waals surface area contributed by atoms with Crippen LogP contribution in [0, 0.1) is 0 Å². The predicted molar refractivity (Wildman–Crippen MR) is 182 cm³/mol. The summed E-state index contributed by atoms with van der Waals surface area (Å²) in [6.07, 6.45) is 1.88. The molecule has 0 radical (unpaired) electrons. The second-order valence-electron chi connectivity index (χ2n) is 10.7. The molecular weight excluding hydrogens is 520 g/mol.